The quantitative estimate of drug-likeness (QED) is 0.870. The highest BCUT2D eigenvalue weighted by atomic mass is 35.5. The van der Waals surface area contributed by atoms with Crippen molar-refractivity contribution in [1.29, 1.82) is 0 Å². The van der Waals surface area contributed by atoms with Gasteiger partial charge in [0.15, 0.2) is 0 Å². The van der Waals surface area contributed by atoms with Gasteiger partial charge in [0.05, 0.1) is 11.9 Å². The summed E-state index contributed by atoms with van der Waals surface area (Å²) < 4.78 is 1.86. The number of halogens is 2. The highest BCUT2D eigenvalue weighted by Gasteiger charge is 2.21. The van der Waals surface area contributed by atoms with Crippen molar-refractivity contribution in [2.75, 3.05) is 23.7 Å². The minimum absolute atomic E-state index is 0. The Morgan fingerprint density at radius 2 is 2.09 bits per heavy atom. The van der Waals surface area contributed by atoms with E-state index >= 15 is 0 Å². The highest BCUT2D eigenvalue weighted by molar-refractivity contribution is 5.85. The lowest BCUT2D eigenvalue weighted by molar-refractivity contribution is 0.660. The van der Waals surface area contributed by atoms with E-state index in [1.54, 1.807) is 6.20 Å². The first-order chi connectivity index (χ1) is 9.65. The van der Waals surface area contributed by atoms with Crippen molar-refractivity contribution in [3.8, 4) is 11.3 Å². The molecule has 0 spiro atoms. The molecule has 3 rings (SSSR count). The van der Waals surface area contributed by atoms with Gasteiger partial charge in [0, 0.05) is 43.5 Å². The van der Waals surface area contributed by atoms with Gasteiger partial charge in [-0.25, -0.2) is 4.98 Å². The third kappa shape index (κ3) is 3.79. The van der Waals surface area contributed by atoms with E-state index in [1.165, 1.54) is 0 Å². The number of aromatic nitrogens is 4. The summed E-state index contributed by atoms with van der Waals surface area (Å²) in [6.45, 7) is 4.59. The molecular weight excluding hydrogens is 325 g/mol. The zero-order valence-electron chi connectivity index (χ0n) is 12.3. The van der Waals surface area contributed by atoms with Crippen molar-refractivity contribution in [2.45, 2.75) is 25.9 Å². The standard InChI is InChI=1S/C13H19N7.2ClH/c1-2-20-7-9(6-16-20)11-5-12(18-13(15)17-11)19-4-3-10(14)8-19;;/h5-7,10H,2-4,8,14H2,1H3,(H2,15,17,18);2*1H/t10-;;/m1../s1. The van der Waals surface area contributed by atoms with Gasteiger partial charge in [0.2, 0.25) is 5.95 Å². The third-order valence-corrected chi connectivity index (χ3v) is 3.53. The van der Waals surface area contributed by atoms with Gasteiger partial charge in [-0.3, -0.25) is 4.68 Å². The molecule has 1 saturated heterocycles. The predicted octanol–water partition coefficient (Wildman–Crippen LogP) is 1.32. The summed E-state index contributed by atoms with van der Waals surface area (Å²) in [5.74, 6) is 1.12. The van der Waals surface area contributed by atoms with Crippen molar-refractivity contribution < 1.29 is 0 Å². The SMILES string of the molecule is CCn1cc(-c2cc(N3CC[C@@H](N)C3)nc(N)n2)cn1.Cl.Cl. The maximum atomic E-state index is 5.94. The Labute approximate surface area is 141 Å². The molecule has 0 amide bonds. The number of aryl methyl sites for hydroxylation is 1. The fraction of sp³-hybridized carbons (Fsp3) is 0.462. The third-order valence-electron chi connectivity index (χ3n) is 3.53. The Kier molecular flexibility index (Phi) is 6.40. The van der Waals surface area contributed by atoms with E-state index in [1.807, 2.05) is 23.9 Å². The van der Waals surface area contributed by atoms with Crippen molar-refractivity contribution >= 4 is 36.6 Å². The summed E-state index contributed by atoms with van der Waals surface area (Å²) in [7, 11) is 0. The summed E-state index contributed by atoms with van der Waals surface area (Å²) in [6.07, 6.45) is 4.74. The van der Waals surface area contributed by atoms with Crippen LogP contribution in [0.15, 0.2) is 18.5 Å². The fourth-order valence-electron chi connectivity index (χ4n) is 2.43. The lowest BCUT2D eigenvalue weighted by Crippen LogP contribution is -2.27. The van der Waals surface area contributed by atoms with Crippen LogP contribution in [0, 0.1) is 0 Å². The van der Waals surface area contributed by atoms with Crippen LogP contribution in [0.1, 0.15) is 13.3 Å². The van der Waals surface area contributed by atoms with Gasteiger partial charge in [-0.05, 0) is 13.3 Å². The summed E-state index contributed by atoms with van der Waals surface area (Å²) in [4.78, 5) is 10.8. The van der Waals surface area contributed by atoms with Crippen LogP contribution in [-0.4, -0.2) is 38.9 Å². The van der Waals surface area contributed by atoms with Crippen LogP contribution >= 0.6 is 24.8 Å². The molecule has 1 aliphatic heterocycles. The molecule has 0 aromatic carbocycles. The lowest BCUT2D eigenvalue weighted by atomic mass is 10.2. The van der Waals surface area contributed by atoms with Crippen molar-refractivity contribution in [3.63, 3.8) is 0 Å². The van der Waals surface area contributed by atoms with E-state index in [-0.39, 0.29) is 36.8 Å². The van der Waals surface area contributed by atoms with Crippen LogP contribution in [-0.2, 0) is 6.54 Å². The van der Waals surface area contributed by atoms with Crippen LogP contribution < -0.4 is 16.4 Å². The van der Waals surface area contributed by atoms with Crippen molar-refractivity contribution in [3.05, 3.63) is 18.5 Å². The predicted molar refractivity (Wildman–Crippen MR) is 92.6 cm³/mol. The molecule has 1 atom stereocenters. The monoisotopic (exact) mass is 345 g/mol. The molecule has 1 aliphatic rings. The number of rotatable bonds is 3. The molecule has 0 bridgehead atoms. The largest absolute Gasteiger partial charge is 0.368 e. The van der Waals surface area contributed by atoms with E-state index in [0.717, 1.165) is 43.1 Å². The first-order valence-electron chi connectivity index (χ1n) is 6.83. The molecule has 22 heavy (non-hydrogen) atoms. The number of nitrogen functional groups attached to an aromatic ring is 1. The van der Waals surface area contributed by atoms with Crippen LogP contribution in [0.3, 0.4) is 0 Å². The summed E-state index contributed by atoms with van der Waals surface area (Å²) in [5, 5.41) is 4.26. The Hall–Kier alpha value is -1.57. The van der Waals surface area contributed by atoms with Crippen LogP contribution in [0.4, 0.5) is 11.8 Å². The van der Waals surface area contributed by atoms with E-state index in [9.17, 15) is 0 Å². The lowest BCUT2D eigenvalue weighted by Gasteiger charge is -2.17. The van der Waals surface area contributed by atoms with E-state index in [4.69, 9.17) is 11.5 Å². The molecule has 4 N–H and O–H groups in total. The second-order valence-electron chi connectivity index (χ2n) is 5.05. The average molecular weight is 346 g/mol. The summed E-state index contributed by atoms with van der Waals surface area (Å²) in [5.41, 5.74) is 13.5. The highest BCUT2D eigenvalue weighted by Crippen LogP contribution is 2.24. The normalized spacial score (nSPS) is 17.0. The second kappa shape index (κ2) is 7.62. The molecular formula is C13H21Cl2N7. The molecule has 122 valence electrons. The second-order valence-corrected chi connectivity index (χ2v) is 5.05. The van der Waals surface area contributed by atoms with Gasteiger partial charge < -0.3 is 16.4 Å². The van der Waals surface area contributed by atoms with Gasteiger partial charge in [-0.2, -0.15) is 10.1 Å². The van der Waals surface area contributed by atoms with Crippen LogP contribution in [0.25, 0.3) is 11.3 Å². The van der Waals surface area contributed by atoms with E-state index in [2.05, 4.69) is 20.0 Å². The van der Waals surface area contributed by atoms with Gasteiger partial charge in [-0.15, -0.1) is 24.8 Å². The number of hydrogen-bond donors (Lipinski definition) is 2. The van der Waals surface area contributed by atoms with Gasteiger partial charge >= 0.3 is 0 Å². The van der Waals surface area contributed by atoms with Gasteiger partial charge in [0.1, 0.15) is 5.82 Å². The van der Waals surface area contributed by atoms with Crippen molar-refractivity contribution in [2.24, 2.45) is 5.73 Å². The topological polar surface area (TPSA) is 98.9 Å². The Morgan fingerprint density at radius 1 is 1.32 bits per heavy atom. The van der Waals surface area contributed by atoms with E-state index < -0.39 is 0 Å². The van der Waals surface area contributed by atoms with E-state index in [0.29, 0.717) is 0 Å². The van der Waals surface area contributed by atoms with Crippen molar-refractivity contribution in [1.82, 2.24) is 19.7 Å². The molecule has 0 radical (unpaired) electrons. The number of anilines is 2. The molecule has 2 aromatic heterocycles. The molecule has 3 heterocycles. The molecule has 7 nitrogen and oxygen atoms in total. The smallest absolute Gasteiger partial charge is 0.222 e. The number of hydrogen-bond acceptors (Lipinski definition) is 6. The van der Waals surface area contributed by atoms with Crippen LogP contribution in [0.5, 0.6) is 0 Å². The summed E-state index contributed by atoms with van der Waals surface area (Å²) in [6, 6.07) is 2.16. The maximum Gasteiger partial charge on any atom is 0.222 e. The minimum Gasteiger partial charge on any atom is -0.368 e. The maximum absolute atomic E-state index is 5.94. The molecule has 2 aromatic rings. The zero-order valence-corrected chi connectivity index (χ0v) is 14.0. The average Bonchev–Trinajstić information content (AvgIpc) is 3.06. The Balaban J connectivity index is 0.00000121. The molecule has 1 fully saturated rings. The number of nitrogens with two attached hydrogens (primary N) is 2. The molecule has 0 unspecified atom stereocenters. The zero-order chi connectivity index (χ0) is 14.1. The first kappa shape index (κ1) is 18.5. The Morgan fingerprint density at radius 3 is 2.68 bits per heavy atom. The minimum atomic E-state index is 0. The number of nitrogens with zero attached hydrogens (tertiary/aromatic N) is 5. The van der Waals surface area contributed by atoms with Gasteiger partial charge in [-0.1, -0.05) is 0 Å². The van der Waals surface area contributed by atoms with Gasteiger partial charge in [0.25, 0.3) is 0 Å². The summed E-state index contributed by atoms with van der Waals surface area (Å²) >= 11 is 0. The molecule has 9 heteroatoms. The molecule has 0 saturated carbocycles. The molecule has 0 aliphatic carbocycles. The van der Waals surface area contributed by atoms with Crippen LogP contribution in [0.2, 0.25) is 0 Å². The first-order valence-corrected chi connectivity index (χ1v) is 6.83. The fourth-order valence-corrected chi connectivity index (χ4v) is 2.43. The Bertz CT molecular complexity index is 616.